The number of rotatable bonds is 6. The molecule has 0 saturated heterocycles. The van der Waals surface area contributed by atoms with E-state index < -0.39 is 0 Å². The zero-order valence-electron chi connectivity index (χ0n) is 11.8. The SMILES string of the molecule is CCCNCc1cnc(C)cc1Oc1cccc(Cl)c1. The van der Waals surface area contributed by atoms with Crippen molar-refractivity contribution in [2.75, 3.05) is 6.54 Å². The molecule has 1 heterocycles. The Kier molecular flexibility index (Phi) is 5.39. The number of aromatic nitrogens is 1. The highest BCUT2D eigenvalue weighted by Gasteiger charge is 2.06. The summed E-state index contributed by atoms with van der Waals surface area (Å²) in [5.74, 6) is 1.56. The molecule has 0 saturated carbocycles. The van der Waals surface area contributed by atoms with Crippen molar-refractivity contribution < 1.29 is 4.74 Å². The van der Waals surface area contributed by atoms with Crippen LogP contribution in [0.4, 0.5) is 0 Å². The zero-order valence-corrected chi connectivity index (χ0v) is 12.6. The molecule has 0 spiro atoms. The van der Waals surface area contributed by atoms with Crippen LogP contribution in [-0.4, -0.2) is 11.5 Å². The molecule has 0 aliphatic carbocycles. The molecule has 106 valence electrons. The van der Waals surface area contributed by atoms with Crippen LogP contribution in [0.15, 0.2) is 36.5 Å². The van der Waals surface area contributed by atoms with Crippen LogP contribution in [0.3, 0.4) is 0 Å². The fourth-order valence-corrected chi connectivity index (χ4v) is 2.03. The van der Waals surface area contributed by atoms with Crippen LogP contribution in [0.2, 0.25) is 5.02 Å². The van der Waals surface area contributed by atoms with Crippen molar-refractivity contribution in [3.05, 3.63) is 52.8 Å². The van der Waals surface area contributed by atoms with E-state index in [0.717, 1.165) is 42.3 Å². The minimum absolute atomic E-state index is 0.666. The van der Waals surface area contributed by atoms with E-state index in [9.17, 15) is 0 Å². The first kappa shape index (κ1) is 14.8. The lowest BCUT2D eigenvalue weighted by atomic mass is 10.2. The van der Waals surface area contributed by atoms with Crippen LogP contribution >= 0.6 is 11.6 Å². The van der Waals surface area contributed by atoms with Crippen LogP contribution in [-0.2, 0) is 6.54 Å². The van der Waals surface area contributed by atoms with Crippen molar-refractivity contribution in [1.29, 1.82) is 0 Å². The number of aryl methyl sites for hydroxylation is 1. The van der Waals surface area contributed by atoms with E-state index in [-0.39, 0.29) is 0 Å². The summed E-state index contributed by atoms with van der Waals surface area (Å²) in [6, 6.07) is 9.35. The first-order chi connectivity index (χ1) is 9.69. The molecule has 1 aromatic heterocycles. The monoisotopic (exact) mass is 290 g/mol. The number of hydrogen-bond acceptors (Lipinski definition) is 3. The minimum Gasteiger partial charge on any atom is -0.457 e. The van der Waals surface area contributed by atoms with Crippen LogP contribution in [0, 0.1) is 6.92 Å². The van der Waals surface area contributed by atoms with Gasteiger partial charge in [0.15, 0.2) is 0 Å². The Morgan fingerprint density at radius 1 is 1.30 bits per heavy atom. The summed E-state index contributed by atoms with van der Waals surface area (Å²) in [5.41, 5.74) is 1.98. The number of hydrogen-bond donors (Lipinski definition) is 1. The normalized spacial score (nSPS) is 10.6. The van der Waals surface area contributed by atoms with Gasteiger partial charge in [-0.2, -0.15) is 0 Å². The van der Waals surface area contributed by atoms with E-state index in [2.05, 4.69) is 17.2 Å². The fourth-order valence-electron chi connectivity index (χ4n) is 1.85. The first-order valence-electron chi connectivity index (χ1n) is 6.78. The van der Waals surface area contributed by atoms with E-state index in [1.165, 1.54) is 0 Å². The third kappa shape index (κ3) is 4.22. The third-order valence-electron chi connectivity index (χ3n) is 2.85. The van der Waals surface area contributed by atoms with Crippen LogP contribution < -0.4 is 10.1 Å². The number of nitrogens with zero attached hydrogens (tertiary/aromatic N) is 1. The van der Waals surface area contributed by atoms with E-state index in [1.807, 2.05) is 37.4 Å². The largest absolute Gasteiger partial charge is 0.457 e. The molecule has 0 bridgehead atoms. The molecule has 3 nitrogen and oxygen atoms in total. The first-order valence-corrected chi connectivity index (χ1v) is 7.16. The minimum atomic E-state index is 0.666. The van der Waals surface area contributed by atoms with E-state index >= 15 is 0 Å². The standard InChI is InChI=1S/C16H19ClN2O/c1-3-7-18-10-13-11-19-12(2)8-16(13)20-15-6-4-5-14(17)9-15/h4-6,8-9,11,18H,3,7,10H2,1-2H3. The quantitative estimate of drug-likeness (QED) is 0.804. The number of nitrogens with one attached hydrogen (secondary N) is 1. The van der Waals surface area contributed by atoms with Crippen molar-refractivity contribution in [3.8, 4) is 11.5 Å². The summed E-state index contributed by atoms with van der Waals surface area (Å²) in [4.78, 5) is 4.33. The maximum absolute atomic E-state index is 5.98. The second kappa shape index (κ2) is 7.27. The number of benzene rings is 1. The summed E-state index contributed by atoms with van der Waals surface area (Å²) >= 11 is 5.98. The maximum atomic E-state index is 5.98. The van der Waals surface area contributed by atoms with Gasteiger partial charge in [0.05, 0.1) is 0 Å². The Morgan fingerprint density at radius 2 is 2.15 bits per heavy atom. The molecule has 0 aliphatic heterocycles. The predicted molar refractivity (Wildman–Crippen MR) is 82.5 cm³/mol. The van der Waals surface area contributed by atoms with Gasteiger partial charge in [-0.25, -0.2) is 0 Å². The molecular weight excluding hydrogens is 272 g/mol. The molecule has 4 heteroatoms. The Morgan fingerprint density at radius 3 is 2.90 bits per heavy atom. The van der Waals surface area contributed by atoms with Gasteiger partial charge in [0.1, 0.15) is 11.5 Å². The molecule has 0 radical (unpaired) electrons. The molecule has 1 aromatic carbocycles. The summed E-state index contributed by atoms with van der Waals surface area (Å²) in [5, 5.41) is 4.03. The van der Waals surface area contributed by atoms with Gasteiger partial charge < -0.3 is 10.1 Å². The Bertz CT molecular complexity index is 572. The second-order valence-corrected chi connectivity index (χ2v) is 5.11. The Hall–Kier alpha value is -1.58. The number of pyridine rings is 1. The molecule has 0 aliphatic rings. The predicted octanol–water partition coefficient (Wildman–Crippen LogP) is 4.34. The summed E-state index contributed by atoms with van der Waals surface area (Å²) in [6.07, 6.45) is 2.96. The third-order valence-corrected chi connectivity index (χ3v) is 3.08. The van der Waals surface area contributed by atoms with Crippen molar-refractivity contribution in [1.82, 2.24) is 10.3 Å². The van der Waals surface area contributed by atoms with Gasteiger partial charge in [0.25, 0.3) is 0 Å². The van der Waals surface area contributed by atoms with Crippen molar-refractivity contribution in [2.45, 2.75) is 26.8 Å². The highest BCUT2D eigenvalue weighted by atomic mass is 35.5. The topological polar surface area (TPSA) is 34.2 Å². The molecule has 0 atom stereocenters. The second-order valence-electron chi connectivity index (χ2n) is 4.67. The molecule has 1 N–H and O–H groups in total. The lowest BCUT2D eigenvalue weighted by Crippen LogP contribution is -2.14. The molecule has 2 aromatic rings. The van der Waals surface area contributed by atoms with Gasteiger partial charge in [0, 0.05) is 35.1 Å². The fraction of sp³-hybridized carbons (Fsp3) is 0.312. The average Bonchev–Trinajstić information content (AvgIpc) is 2.41. The lowest BCUT2D eigenvalue weighted by molar-refractivity contribution is 0.471. The Balaban J connectivity index is 2.18. The van der Waals surface area contributed by atoms with Crippen molar-refractivity contribution >= 4 is 11.6 Å². The van der Waals surface area contributed by atoms with E-state index in [4.69, 9.17) is 16.3 Å². The average molecular weight is 291 g/mol. The summed E-state index contributed by atoms with van der Waals surface area (Å²) < 4.78 is 5.94. The van der Waals surface area contributed by atoms with E-state index in [0.29, 0.717) is 5.02 Å². The van der Waals surface area contributed by atoms with Gasteiger partial charge in [-0.05, 0) is 38.1 Å². The molecule has 0 amide bonds. The lowest BCUT2D eigenvalue weighted by Gasteiger charge is -2.12. The smallest absolute Gasteiger partial charge is 0.135 e. The van der Waals surface area contributed by atoms with Crippen LogP contribution in [0.1, 0.15) is 24.6 Å². The number of ether oxygens (including phenoxy) is 1. The van der Waals surface area contributed by atoms with Gasteiger partial charge in [0.2, 0.25) is 0 Å². The molecule has 0 fully saturated rings. The van der Waals surface area contributed by atoms with Gasteiger partial charge in [-0.3, -0.25) is 4.98 Å². The molecule has 2 rings (SSSR count). The van der Waals surface area contributed by atoms with Crippen molar-refractivity contribution in [3.63, 3.8) is 0 Å². The Labute approximate surface area is 124 Å². The van der Waals surface area contributed by atoms with Gasteiger partial charge >= 0.3 is 0 Å². The van der Waals surface area contributed by atoms with Crippen LogP contribution in [0.5, 0.6) is 11.5 Å². The summed E-state index contributed by atoms with van der Waals surface area (Å²) in [7, 11) is 0. The maximum Gasteiger partial charge on any atom is 0.135 e. The highest BCUT2D eigenvalue weighted by molar-refractivity contribution is 6.30. The highest BCUT2D eigenvalue weighted by Crippen LogP contribution is 2.27. The summed E-state index contributed by atoms with van der Waals surface area (Å²) in [6.45, 7) is 5.82. The molecule has 20 heavy (non-hydrogen) atoms. The zero-order chi connectivity index (χ0) is 14.4. The van der Waals surface area contributed by atoms with Gasteiger partial charge in [-0.15, -0.1) is 0 Å². The molecule has 0 unspecified atom stereocenters. The van der Waals surface area contributed by atoms with E-state index in [1.54, 1.807) is 6.07 Å². The van der Waals surface area contributed by atoms with Crippen molar-refractivity contribution in [2.24, 2.45) is 0 Å². The number of halogens is 1. The van der Waals surface area contributed by atoms with Gasteiger partial charge in [-0.1, -0.05) is 24.6 Å². The van der Waals surface area contributed by atoms with Crippen LogP contribution in [0.25, 0.3) is 0 Å². The molecular formula is C16H19ClN2O.